The van der Waals surface area contributed by atoms with Gasteiger partial charge in [-0.1, -0.05) is 18.2 Å². The van der Waals surface area contributed by atoms with Crippen LogP contribution in [0, 0.1) is 0 Å². The largest absolute Gasteiger partial charge is 0.416 e. The molecule has 5 nitrogen and oxygen atoms in total. The summed E-state index contributed by atoms with van der Waals surface area (Å²) in [5, 5.41) is 10.4. The molecule has 0 aliphatic carbocycles. The summed E-state index contributed by atoms with van der Waals surface area (Å²) in [4.78, 5) is 14.0. The van der Waals surface area contributed by atoms with Crippen LogP contribution in [0.25, 0.3) is 0 Å². The van der Waals surface area contributed by atoms with E-state index in [1.165, 1.54) is 18.2 Å². The smallest absolute Gasteiger partial charge is 0.328 e. The van der Waals surface area contributed by atoms with E-state index in [2.05, 4.69) is 15.5 Å². The zero-order valence-electron chi connectivity index (χ0n) is 14.2. The molecule has 27 heavy (non-hydrogen) atoms. The summed E-state index contributed by atoms with van der Waals surface area (Å²) in [5.41, 5.74) is 0.419. The van der Waals surface area contributed by atoms with E-state index in [4.69, 9.17) is 0 Å². The van der Waals surface area contributed by atoms with Gasteiger partial charge in [0.2, 0.25) is 0 Å². The minimum atomic E-state index is -4.42. The third-order valence-corrected chi connectivity index (χ3v) is 3.84. The van der Waals surface area contributed by atoms with Crippen molar-refractivity contribution < 1.29 is 18.0 Å². The highest BCUT2D eigenvalue weighted by molar-refractivity contribution is 6.02. The first kappa shape index (κ1) is 18.4. The van der Waals surface area contributed by atoms with Gasteiger partial charge in [0.25, 0.3) is 5.91 Å². The average Bonchev–Trinajstić information content (AvgIpc) is 2.68. The van der Waals surface area contributed by atoms with E-state index in [-0.39, 0.29) is 11.4 Å². The lowest BCUT2D eigenvalue weighted by atomic mass is 10.2. The molecular formula is C19H15F3N4O. The monoisotopic (exact) mass is 372 g/mol. The number of amides is 1. The van der Waals surface area contributed by atoms with Gasteiger partial charge in [0.15, 0.2) is 11.5 Å². The second-order valence-corrected chi connectivity index (χ2v) is 5.70. The van der Waals surface area contributed by atoms with E-state index in [1.54, 1.807) is 6.07 Å². The second kappa shape index (κ2) is 7.45. The Morgan fingerprint density at radius 2 is 1.59 bits per heavy atom. The number of nitrogens with zero attached hydrogens (tertiary/aromatic N) is 3. The van der Waals surface area contributed by atoms with Gasteiger partial charge in [-0.25, -0.2) is 0 Å². The Morgan fingerprint density at radius 1 is 0.926 bits per heavy atom. The van der Waals surface area contributed by atoms with Gasteiger partial charge in [0, 0.05) is 18.4 Å². The van der Waals surface area contributed by atoms with Gasteiger partial charge in [-0.05, 0) is 48.5 Å². The van der Waals surface area contributed by atoms with Crippen molar-refractivity contribution in [2.75, 3.05) is 17.3 Å². The number of alkyl halides is 3. The van der Waals surface area contributed by atoms with Gasteiger partial charge < -0.3 is 10.2 Å². The number of carbonyl (C=O) groups excluding carboxylic acids is 1. The molecule has 1 N–H and O–H groups in total. The topological polar surface area (TPSA) is 58.1 Å². The first-order chi connectivity index (χ1) is 12.8. The Balaban J connectivity index is 1.69. The third-order valence-electron chi connectivity index (χ3n) is 3.84. The van der Waals surface area contributed by atoms with Gasteiger partial charge >= 0.3 is 6.18 Å². The lowest BCUT2D eigenvalue weighted by Crippen LogP contribution is -2.17. The number of anilines is 3. The molecule has 1 heterocycles. The standard InChI is InChI=1S/C19H15F3N4O/c1-26(15-5-3-2-4-6-15)17-12-11-16(24-25-17)18(27)23-14-9-7-13(8-10-14)19(20,21)22/h2-12H,1H3,(H,23,27). The molecule has 3 rings (SSSR count). The highest BCUT2D eigenvalue weighted by Gasteiger charge is 2.30. The summed E-state index contributed by atoms with van der Waals surface area (Å²) in [6.45, 7) is 0. The van der Waals surface area contributed by atoms with E-state index in [0.717, 1.165) is 17.8 Å². The van der Waals surface area contributed by atoms with Crippen LogP contribution in [0.4, 0.5) is 30.4 Å². The maximum absolute atomic E-state index is 12.6. The van der Waals surface area contributed by atoms with Crippen LogP contribution < -0.4 is 10.2 Å². The number of rotatable bonds is 4. The molecule has 0 aliphatic rings. The van der Waals surface area contributed by atoms with Gasteiger partial charge in [-0.15, -0.1) is 10.2 Å². The summed E-state index contributed by atoms with van der Waals surface area (Å²) < 4.78 is 37.7. The summed E-state index contributed by atoms with van der Waals surface area (Å²) >= 11 is 0. The molecule has 0 unspecified atom stereocenters. The molecule has 0 fully saturated rings. The highest BCUT2D eigenvalue weighted by atomic mass is 19.4. The first-order valence-corrected chi connectivity index (χ1v) is 7.96. The Labute approximate surface area is 153 Å². The lowest BCUT2D eigenvalue weighted by Gasteiger charge is -2.17. The van der Waals surface area contributed by atoms with Crippen LogP contribution in [0.1, 0.15) is 16.1 Å². The number of halogens is 3. The molecule has 8 heteroatoms. The van der Waals surface area contributed by atoms with E-state index in [0.29, 0.717) is 5.82 Å². The van der Waals surface area contributed by atoms with Crippen LogP contribution in [0.3, 0.4) is 0 Å². The fourth-order valence-corrected chi connectivity index (χ4v) is 2.35. The van der Waals surface area contributed by atoms with Crippen LogP contribution in [-0.4, -0.2) is 23.2 Å². The quantitative estimate of drug-likeness (QED) is 0.732. The van der Waals surface area contributed by atoms with Crippen LogP contribution in [0.2, 0.25) is 0 Å². The molecule has 2 aromatic carbocycles. The SMILES string of the molecule is CN(c1ccccc1)c1ccc(C(=O)Nc2ccc(C(F)(F)F)cc2)nn1. The van der Waals surface area contributed by atoms with Gasteiger partial charge in [-0.2, -0.15) is 13.2 Å². The van der Waals surface area contributed by atoms with Crippen LogP contribution >= 0.6 is 0 Å². The normalized spacial score (nSPS) is 11.1. The minimum Gasteiger partial charge on any atom is -0.328 e. The summed E-state index contributed by atoms with van der Waals surface area (Å²) in [7, 11) is 1.82. The van der Waals surface area contributed by atoms with Crippen molar-refractivity contribution in [2.45, 2.75) is 6.18 Å². The predicted molar refractivity (Wildman–Crippen MR) is 95.9 cm³/mol. The maximum Gasteiger partial charge on any atom is 0.416 e. The molecule has 0 saturated heterocycles. The zero-order chi connectivity index (χ0) is 19.4. The fraction of sp³-hybridized carbons (Fsp3) is 0.105. The van der Waals surface area contributed by atoms with Crippen molar-refractivity contribution in [3.8, 4) is 0 Å². The molecule has 0 spiro atoms. The number of para-hydroxylation sites is 1. The molecule has 0 atom stereocenters. The second-order valence-electron chi connectivity index (χ2n) is 5.70. The number of aromatic nitrogens is 2. The van der Waals surface area contributed by atoms with Gasteiger partial charge in [0.05, 0.1) is 5.56 Å². The number of benzene rings is 2. The summed E-state index contributed by atoms with van der Waals surface area (Å²) in [6, 6.07) is 16.8. The Hall–Kier alpha value is -3.42. The lowest BCUT2D eigenvalue weighted by molar-refractivity contribution is -0.137. The molecule has 0 aliphatic heterocycles. The van der Waals surface area contributed by atoms with Crippen molar-refractivity contribution in [3.63, 3.8) is 0 Å². The summed E-state index contributed by atoms with van der Waals surface area (Å²) in [5.74, 6) is -0.0107. The van der Waals surface area contributed by atoms with Crippen molar-refractivity contribution in [1.82, 2.24) is 10.2 Å². The van der Waals surface area contributed by atoms with Crippen molar-refractivity contribution in [1.29, 1.82) is 0 Å². The molecule has 0 radical (unpaired) electrons. The first-order valence-electron chi connectivity index (χ1n) is 7.96. The Kier molecular flexibility index (Phi) is 5.07. The number of carbonyl (C=O) groups is 1. The van der Waals surface area contributed by atoms with Crippen molar-refractivity contribution in [2.24, 2.45) is 0 Å². The molecule has 1 amide bonds. The molecule has 0 saturated carbocycles. The minimum absolute atomic E-state index is 0.0557. The number of hydrogen-bond donors (Lipinski definition) is 1. The van der Waals surface area contributed by atoms with Gasteiger partial charge in [0.1, 0.15) is 0 Å². The highest BCUT2D eigenvalue weighted by Crippen LogP contribution is 2.29. The third kappa shape index (κ3) is 4.41. The van der Waals surface area contributed by atoms with Crippen LogP contribution in [0.5, 0.6) is 0 Å². The number of nitrogens with one attached hydrogen (secondary N) is 1. The number of hydrogen-bond acceptors (Lipinski definition) is 4. The summed E-state index contributed by atoms with van der Waals surface area (Å²) in [6.07, 6.45) is -4.42. The van der Waals surface area contributed by atoms with Crippen molar-refractivity contribution >= 4 is 23.1 Å². The molecular weight excluding hydrogens is 357 g/mol. The van der Waals surface area contributed by atoms with E-state index >= 15 is 0 Å². The molecule has 3 aromatic rings. The Morgan fingerprint density at radius 3 is 2.15 bits per heavy atom. The fourth-order valence-electron chi connectivity index (χ4n) is 2.35. The van der Waals surface area contributed by atoms with E-state index < -0.39 is 17.6 Å². The average molecular weight is 372 g/mol. The van der Waals surface area contributed by atoms with Crippen molar-refractivity contribution in [3.05, 3.63) is 78.0 Å². The Bertz CT molecular complexity index is 910. The van der Waals surface area contributed by atoms with Crippen LogP contribution in [0.15, 0.2) is 66.7 Å². The van der Waals surface area contributed by atoms with E-state index in [1.807, 2.05) is 42.3 Å². The van der Waals surface area contributed by atoms with E-state index in [9.17, 15) is 18.0 Å². The van der Waals surface area contributed by atoms with Gasteiger partial charge in [-0.3, -0.25) is 4.79 Å². The molecule has 1 aromatic heterocycles. The van der Waals surface area contributed by atoms with Crippen LogP contribution in [-0.2, 0) is 6.18 Å². The zero-order valence-corrected chi connectivity index (χ0v) is 14.2. The predicted octanol–water partition coefficient (Wildman–Crippen LogP) is 4.52. The molecule has 138 valence electrons. The maximum atomic E-state index is 12.6. The molecule has 0 bridgehead atoms.